The van der Waals surface area contributed by atoms with Gasteiger partial charge in [-0.2, -0.15) is 5.10 Å². The second kappa shape index (κ2) is 7.25. The van der Waals surface area contributed by atoms with Crippen LogP contribution in [0.5, 0.6) is 0 Å². The lowest BCUT2D eigenvalue weighted by molar-refractivity contribution is -0.00805. The van der Waals surface area contributed by atoms with Crippen LogP contribution in [0, 0.1) is 0 Å². The molecule has 2 N–H and O–H groups in total. The van der Waals surface area contributed by atoms with E-state index < -0.39 is 0 Å². The number of hydrogen-bond donors (Lipinski definition) is 2. The van der Waals surface area contributed by atoms with Crippen molar-refractivity contribution in [3.63, 3.8) is 0 Å². The Bertz CT molecular complexity index is 446. The zero-order chi connectivity index (χ0) is 14.4. The summed E-state index contributed by atoms with van der Waals surface area (Å²) in [5.41, 5.74) is 1.08. The van der Waals surface area contributed by atoms with E-state index in [-0.39, 0.29) is 12.7 Å². The highest BCUT2D eigenvalue weighted by molar-refractivity contribution is 5.80. The van der Waals surface area contributed by atoms with Crippen molar-refractivity contribution in [3.8, 4) is 0 Å². The number of ether oxygens (including phenoxy) is 1. The predicted molar refractivity (Wildman–Crippen MR) is 76.5 cm³/mol. The molecule has 1 atom stereocenters. The van der Waals surface area contributed by atoms with Crippen molar-refractivity contribution >= 4 is 5.96 Å². The van der Waals surface area contributed by atoms with Gasteiger partial charge in [-0.3, -0.25) is 9.67 Å². The van der Waals surface area contributed by atoms with Crippen LogP contribution >= 0.6 is 0 Å². The number of aliphatic hydroxyl groups excluding tert-OH is 1. The maximum absolute atomic E-state index is 8.93. The van der Waals surface area contributed by atoms with E-state index in [9.17, 15) is 0 Å². The number of morpholine rings is 1. The Kier molecular flexibility index (Phi) is 5.37. The van der Waals surface area contributed by atoms with Crippen molar-refractivity contribution in [2.24, 2.45) is 12.0 Å². The summed E-state index contributed by atoms with van der Waals surface area (Å²) in [6.07, 6.45) is 3.83. The van der Waals surface area contributed by atoms with E-state index >= 15 is 0 Å². The van der Waals surface area contributed by atoms with Crippen LogP contribution in [0.3, 0.4) is 0 Å². The van der Waals surface area contributed by atoms with E-state index in [2.05, 4.69) is 20.3 Å². The second-order valence-corrected chi connectivity index (χ2v) is 4.71. The summed E-state index contributed by atoms with van der Waals surface area (Å²) in [6, 6.07) is 0. The third-order valence-electron chi connectivity index (χ3n) is 3.16. The maximum atomic E-state index is 8.93. The number of aliphatic hydroxyl groups is 1. The van der Waals surface area contributed by atoms with Crippen molar-refractivity contribution in [3.05, 3.63) is 18.0 Å². The Balaban J connectivity index is 2.04. The molecule has 2 rings (SSSR count). The minimum atomic E-state index is 0.00966. The van der Waals surface area contributed by atoms with Crippen LogP contribution in [0.25, 0.3) is 0 Å². The van der Waals surface area contributed by atoms with Gasteiger partial charge in [0.2, 0.25) is 0 Å². The number of aromatic nitrogens is 2. The van der Waals surface area contributed by atoms with E-state index in [0.717, 1.165) is 31.2 Å². The molecular weight excluding hydrogens is 258 g/mol. The lowest BCUT2D eigenvalue weighted by atomic mass is 10.1. The Morgan fingerprint density at radius 2 is 2.50 bits per heavy atom. The molecule has 1 aromatic rings. The summed E-state index contributed by atoms with van der Waals surface area (Å²) in [5, 5.41) is 16.4. The normalized spacial score (nSPS) is 20.2. The number of aryl methyl sites for hydroxylation is 1. The Morgan fingerprint density at radius 3 is 3.15 bits per heavy atom. The number of nitrogens with zero attached hydrogens (tertiary/aromatic N) is 4. The van der Waals surface area contributed by atoms with Crippen LogP contribution in [-0.4, -0.2) is 65.1 Å². The lowest BCUT2D eigenvalue weighted by Crippen LogP contribution is -2.48. The van der Waals surface area contributed by atoms with E-state index in [4.69, 9.17) is 9.84 Å². The molecule has 7 heteroatoms. The van der Waals surface area contributed by atoms with Crippen LogP contribution in [0.15, 0.2) is 17.4 Å². The molecule has 0 amide bonds. The highest BCUT2D eigenvalue weighted by atomic mass is 16.5. The molecule has 1 fully saturated rings. The lowest BCUT2D eigenvalue weighted by Gasteiger charge is -2.34. The molecule has 0 aromatic carbocycles. The largest absolute Gasteiger partial charge is 0.394 e. The summed E-state index contributed by atoms with van der Waals surface area (Å²) >= 11 is 0. The van der Waals surface area contributed by atoms with Crippen LogP contribution < -0.4 is 5.32 Å². The van der Waals surface area contributed by atoms with Gasteiger partial charge in [-0.05, 0) is 6.92 Å². The fourth-order valence-electron chi connectivity index (χ4n) is 2.23. The van der Waals surface area contributed by atoms with Gasteiger partial charge in [-0.25, -0.2) is 0 Å². The summed E-state index contributed by atoms with van der Waals surface area (Å²) < 4.78 is 7.59. The van der Waals surface area contributed by atoms with Gasteiger partial charge in [-0.15, -0.1) is 0 Å². The molecule has 1 aliphatic heterocycles. The number of aliphatic imine (C=N–C) groups is 1. The van der Waals surface area contributed by atoms with Crippen LogP contribution in [0.4, 0.5) is 0 Å². The minimum Gasteiger partial charge on any atom is -0.394 e. The number of rotatable bonds is 4. The zero-order valence-corrected chi connectivity index (χ0v) is 12.1. The quantitative estimate of drug-likeness (QED) is 0.588. The monoisotopic (exact) mass is 281 g/mol. The van der Waals surface area contributed by atoms with Crippen LogP contribution in [0.2, 0.25) is 0 Å². The smallest absolute Gasteiger partial charge is 0.194 e. The van der Waals surface area contributed by atoms with Crippen molar-refractivity contribution < 1.29 is 9.84 Å². The van der Waals surface area contributed by atoms with E-state index in [1.54, 1.807) is 4.68 Å². The summed E-state index contributed by atoms with van der Waals surface area (Å²) in [7, 11) is 1.90. The van der Waals surface area contributed by atoms with Gasteiger partial charge in [0, 0.05) is 31.9 Å². The van der Waals surface area contributed by atoms with Crippen LogP contribution in [-0.2, 0) is 11.8 Å². The predicted octanol–water partition coefficient (Wildman–Crippen LogP) is -0.249. The molecule has 0 spiro atoms. The molecule has 0 aliphatic carbocycles. The summed E-state index contributed by atoms with van der Waals surface area (Å²) in [4.78, 5) is 6.56. The molecule has 112 valence electrons. The van der Waals surface area contributed by atoms with E-state index in [1.807, 2.05) is 26.4 Å². The van der Waals surface area contributed by atoms with Gasteiger partial charge >= 0.3 is 0 Å². The summed E-state index contributed by atoms with van der Waals surface area (Å²) in [5.74, 6) is 0.832. The average molecular weight is 281 g/mol. The Hall–Kier alpha value is -1.60. The number of guanidine groups is 1. The second-order valence-electron chi connectivity index (χ2n) is 4.71. The first kappa shape index (κ1) is 14.8. The van der Waals surface area contributed by atoms with Crippen molar-refractivity contribution in [1.29, 1.82) is 0 Å². The topological polar surface area (TPSA) is 74.9 Å². The van der Waals surface area contributed by atoms with Crippen molar-refractivity contribution in [2.75, 3.05) is 39.4 Å². The first-order valence-electron chi connectivity index (χ1n) is 6.99. The van der Waals surface area contributed by atoms with Gasteiger partial charge < -0.3 is 20.1 Å². The Morgan fingerprint density at radius 1 is 1.65 bits per heavy atom. The summed E-state index contributed by atoms with van der Waals surface area (Å²) in [6.45, 7) is 5.51. The first-order valence-corrected chi connectivity index (χ1v) is 6.99. The molecule has 0 bridgehead atoms. The minimum absolute atomic E-state index is 0.00966. The standard InChI is InChI=1S/C13H23N5O2/c1-3-14-13(15-4-6-19)18-5-7-20-12(10-18)11-8-16-17(2)9-11/h8-9,12,19H,3-7,10H2,1-2H3,(H,14,15). The average Bonchev–Trinajstić information content (AvgIpc) is 2.90. The molecule has 7 nitrogen and oxygen atoms in total. The van der Waals surface area contributed by atoms with Gasteiger partial charge in [0.05, 0.1) is 32.5 Å². The van der Waals surface area contributed by atoms with E-state index in [1.165, 1.54) is 0 Å². The molecular formula is C13H23N5O2. The fourth-order valence-corrected chi connectivity index (χ4v) is 2.23. The van der Waals surface area contributed by atoms with Crippen molar-refractivity contribution in [2.45, 2.75) is 13.0 Å². The van der Waals surface area contributed by atoms with E-state index in [0.29, 0.717) is 13.2 Å². The number of nitrogens with one attached hydrogen (secondary N) is 1. The molecule has 1 aliphatic rings. The van der Waals surface area contributed by atoms with Gasteiger partial charge in [0.25, 0.3) is 0 Å². The highest BCUT2D eigenvalue weighted by Gasteiger charge is 2.24. The molecule has 1 unspecified atom stereocenters. The molecule has 2 heterocycles. The van der Waals surface area contributed by atoms with Crippen LogP contribution in [0.1, 0.15) is 18.6 Å². The maximum Gasteiger partial charge on any atom is 0.194 e. The zero-order valence-electron chi connectivity index (χ0n) is 12.1. The molecule has 1 aromatic heterocycles. The van der Waals surface area contributed by atoms with Gasteiger partial charge in [-0.1, -0.05) is 0 Å². The molecule has 0 saturated carbocycles. The third kappa shape index (κ3) is 3.71. The third-order valence-corrected chi connectivity index (χ3v) is 3.16. The molecule has 20 heavy (non-hydrogen) atoms. The number of hydrogen-bond acceptors (Lipinski definition) is 4. The Labute approximate surface area is 119 Å². The first-order chi connectivity index (χ1) is 9.74. The highest BCUT2D eigenvalue weighted by Crippen LogP contribution is 2.21. The van der Waals surface area contributed by atoms with Crippen molar-refractivity contribution in [1.82, 2.24) is 20.0 Å². The fraction of sp³-hybridized carbons (Fsp3) is 0.692. The van der Waals surface area contributed by atoms with Gasteiger partial charge in [0.1, 0.15) is 6.10 Å². The molecule has 0 radical (unpaired) electrons. The SMILES string of the molecule is CCNC(=NCCO)N1CCOC(c2cnn(C)c2)C1. The van der Waals surface area contributed by atoms with Gasteiger partial charge in [0.15, 0.2) is 5.96 Å². The molecule has 1 saturated heterocycles.